The number of nitrogens with two attached hydrogens (primary N) is 1. The van der Waals surface area contributed by atoms with Gasteiger partial charge in [-0.05, 0) is 30.2 Å². The molecule has 1 aromatic carbocycles. The molecule has 18 heavy (non-hydrogen) atoms. The zero-order chi connectivity index (χ0) is 13.9. The smallest absolute Gasteiger partial charge is 0.416 e. The van der Waals surface area contributed by atoms with Crippen molar-refractivity contribution in [1.29, 1.82) is 0 Å². The molecule has 0 aliphatic rings. The van der Waals surface area contributed by atoms with E-state index < -0.39 is 23.8 Å². The van der Waals surface area contributed by atoms with Crippen molar-refractivity contribution in [2.24, 2.45) is 5.73 Å². The van der Waals surface area contributed by atoms with Crippen LogP contribution in [0.2, 0.25) is 5.02 Å². The topological polar surface area (TPSA) is 63.3 Å². The third kappa shape index (κ3) is 4.19. The minimum absolute atomic E-state index is 0.0486. The lowest BCUT2D eigenvalue weighted by molar-refractivity contribution is -0.138. The van der Waals surface area contributed by atoms with Crippen molar-refractivity contribution >= 4 is 17.6 Å². The first-order valence-electron chi connectivity index (χ1n) is 5.05. The van der Waals surface area contributed by atoms with Gasteiger partial charge in [0, 0.05) is 17.5 Å². The summed E-state index contributed by atoms with van der Waals surface area (Å²) in [5.41, 5.74) is 4.92. The van der Waals surface area contributed by atoms with E-state index in [4.69, 9.17) is 22.4 Å². The summed E-state index contributed by atoms with van der Waals surface area (Å²) in [6.07, 6.45) is -4.67. The Bertz CT molecular complexity index is 448. The Morgan fingerprint density at radius 2 is 2.00 bits per heavy atom. The lowest BCUT2D eigenvalue weighted by atomic mass is 10.0. The lowest BCUT2D eigenvalue weighted by Crippen LogP contribution is -2.14. The molecule has 0 amide bonds. The molecule has 1 unspecified atom stereocenters. The fourth-order valence-electron chi connectivity index (χ4n) is 1.44. The highest BCUT2D eigenvalue weighted by Crippen LogP contribution is 2.33. The molecular formula is C11H11ClF3NO2. The fourth-order valence-corrected chi connectivity index (χ4v) is 1.68. The third-order valence-corrected chi connectivity index (χ3v) is 2.56. The molecule has 3 nitrogen and oxygen atoms in total. The minimum Gasteiger partial charge on any atom is -0.481 e. The Morgan fingerprint density at radius 3 is 2.50 bits per heavy atom. The van der Waals surface area contributed by atoms with Gasteiger partial charge in [0.15, 0.2) is 0 Å². The van der Waals surface area contributed by atoms with Gasteiger partial charge in [0.1, 0.15) is 0 Å². The van der Waals surface area contributed by atoms with Crippen molar-refractivity contribution in [1.82, 2.24) is 0 Å². The predicted octanol–water partition coefficient (Wildman–Crippen LogP) is 3.22. The van der Waals surface area contributed by atoms with Crippen molar-refractivity contribution in [2.75, 3.05) is 0 Å². The first-order valence-corrected chi connectivity index (χ1v) is 5.43. The number of hydrogen-bond acceptors (Lipinski definition) is 2. The van der Waals surface area contributed by atoms with Gasteiger partial charge in [0.25, 0.3) is 0 Å². The summed E-state index contributed by atoms with van der Waals surface area (Å²) in [4.78, 5) is 10.4. The largest absolute Gasteiger partial charge is 0.481 e. The van der Waals surface area contributed by atoms with E-state index in [1.807, 2.05) is 0 Å². The van der Waals surface area contributed by atoms with Crippen LogP contribution in [0.1, 0.15) is 30.0 Å². The third-order valence-electron chi connectivity index (χ3n) is 2.34. The van der Waals surface area contributed by atoms with Crippen LogP contribution in [0.4, 0.5) is 13.2 Å². The minimum atomic E-state index is -4.51. The maximum Gasteiger partial charge on any atom is 0.416 e. The van der Waals surface area contributed by atoms with Crippen LogP contribution >= 0.6 is 11.6 Å². The second kappa shape index (κ2) is 5.58. The number of hydrogen-bond donors (Lipinski definition) is 2. The van der Waals surface area contributed by atoms with E-state index in [0.717, 1.165) is 12.1 Å². The first-order chi connectivity index (χ1) is 8.20. The molecule has 0 aliphatic heterocycles. The van der Waals surface area contributed by atoms with Crippen LogP contribution in [0, 0.1) is 0 Å². The molecule has 0 heterocycles. The first kappa shape index (κ1) is 14.8. The van der Waals surface area contributed by atoms with Crippen LogP contribution in [-0.4, -0.2) is 11.1 Å². The molecule has 1 atom stereocenters. The summed E-state index contributed by atoms with van der Waals surface area (Å²) in [5.74, 6) is -1.05. The summed E-state index contributed by atoms with van der Waals surface area (Å²) >= 11 is 5.59. The second-order valence-corrected chi connectivity index (χ2v) is 4.25. The van der Waals surface area contributed by atoms with E-state index in [2.05, 4.69) is 0 Å². The average molecular weight is 282 g/mol. The Morgan fingerprint density at radius 1 is 1.39 bits per heavy atom. The van der Waals surface area contributed by atoms with E-state index >= 15 is 0 Å². The number of rotatable bonds is 4. The zero-order valence-corrected chi connectivity index (χ0v) is 9.92. The Kier molecular flexibility index (Phi) is 4.59. The summed E-state index contributed by atoms with van der Waals surface area (Å²) in [6, 6.07) is 2.21. The SMILES string of the molecule is NC(CCC(=O)O)c1cc(Cl)cc(C(F)(F)F)c1. The van der Waals surface area contributed by atoms with Crippen LogP contribution < -0.4 is 5.73 Å². The van der Waals surface area contributed by atoms with Crippen molar-refractivity contribution in [3.05, 3.63) is 34.3 Å². The standard InChI is InChI=1S/C11H11ClF3NO2/c12-8-4-6(9(16)1-2-10(17)18)3-7(5-8)11(13,14)15/h3-5,9H,1-2,16H2,(H,17,18). The summed E-state index contributed by atoms with van der Waals surface area (Å²) in [5, 5.41) is 8.41. The quantitative estimate of drug-likeness (QED) is 0.890. The molecule has 0 radical (unpaired) electrons. The van der Waals surface area contributed by atoms with E-state index in [1.165, 1.54) is 6.07 Å². The second-order valence-electron chi connectivity index (χ2n) is 3.81. The molecule has 7 heteroatoms. The van der Waals surface area contributed by atoms with Crippen LogP contribution in [0.3, 0.4) is 0 Å². The Balaban J connectivity index is 2.95. The van der Waals surface area contributed by atoms with Gasteiger partial charge in [-0.2, -0.15) is 13.2 Å². The number of carboxylic acid groups (broad SMARTS) is 1. The van der Waals surface area contributed by atoms with Gasteiger partial charge < -0.3 is 10.8 Å². The average Bonchev–Trinajstić information content (AvgIpc) is 2.23. The number of alkyl halides is 3. The van der Waals surface area contributed by atoms with Crippen molar-refractivity contribution in [3.63, 3.8) is 0 Å². The highest BCUT2D eigenvalue weighted by atomic mass is 35.5. The molecule has 0 bridgehead atoms. The van der Waals surface area contributed by atoms with Crippen molar-refractivity contribution in [3.8, 4) is 0 Å². The maximum absolute atomic E-state index is 12.5. The van der Waals surface area contributed by atoms with Gasteiger partial charge in [-0.25, -0.2) is 0 Å². The molecule has 100 valence electrons. The monoisotopic (exact) mass is 281 g/mol. The molecule has 0 saturated carbocycles. The van der Waals surface area contributed by atoms with Gasteiger partial charge in [0.05, 0.1) is 5.56 Å². The van der Waals surface area contributed by atoms with E-state index in [1.54, 1.807) is 0 Å². The molecular weight excluding hydrogens is 271 g/mol. The summed E-state index contributed by atoms with van der Waals surface area (Å²) in [7, 11) is 0. The molecule has 0 spiro atoms. The lowest BCUT2D eigenvalue weighted by Gasteiger charge is -2.14. The van der Waals surface area contributed by atoms with Gasteiger partial charge in [-0.1, -0.05) is 11.6 Å². The Hall–Kier alpha value is -1.27. The predicted molar refractivity (Wildman–Crippen MR) is 60.3 cm³/mol. The number of aliphatic carboxylic acids is 1. The highest BCUT2D eigenvalue weighted by Gasteiger charge is 2.31. The number of carboxylic acids is 1. The van der Waals surface area contributed by atoms with E-state index in [-0.39, 0.29) is 23.4 Å². The zero-order valence-electron chi connectivity index (χ0n) is 9.17. The van der Waals surface area contributed by atoms with Crippen LogP contribution in [0.15, 0.2) is 18.2 Å². The van der Waals surface area contributed by atoms with Crippen LogP contribution in [0.25, 0.3) is 0 Å². The highest BCUT2D eigenvalue weighted by molar-refractivity contribution is 6.30. The molecule has 0 aliphatic carbocycles. The van der Waals surface area contributed by atoms with Crippen molar-refractivity contribution < 1.29 is 23.1 Å². The number of benzene rings is 1. The van der Waals surface area contributed by atoms with Gasteiger partial charge in [-0.15, -0.1) is 0 Å². The molecule has 1 aromatic rings. The summed E-state index contributed by atoms with van der Waals surface area (Å²) < 4.78 is 37.6. The maximum atomic E-state index is 12.5. The van der Waals surface area contributed by atoms with Gasteiger partial charge in [0.2, 0.25) is 0 Å². The molecule has 0 saturated heterocycles. The molecule has 3 N–H and O–H groups in total. The summed E-state index contributed by atoms with van der Waals surface area (Å²) in [6.45, 7) is 0. The molecule has 0 aromatic heterocycles. The van der Waals surface area contributed by atoms with Crippen LogP contribution in [0.5, 0.6) is 0 Å². The fraction of sp³-hybridized carbons (Fsp3) is 0.364. The van der Waals surface area contributed by atoms with E-state index in [9.17, 15) is 18.0 Å². The molecule has 1 rings (SSSR count). The van der Waals surface area contributed by atoms with Crippen molar-refractivity contribution in [2.45, 2.75) is 25.1 Å². The Labute approximate surface area is 106 Å². The van der Waals surface area contributed by atoms with E-state index in [0.29, 0.717) is 0 Å². The normalized spacial score (nSPS) is 13.4. The van der Waals surface area contributed by atoms with Gasteiger partial charge in [-0.3, -0.25) is 4.79 Å². The number of carbonyl (C=O) groups is 1. The number of halogens is 4. The van der Waals surface area contributed by atoms with Gasteiger partial charge >= 0.3 is 12.1 Å². The van der Waals surface area contributed by atoms with Crippen LogP contribution in [-0.2, 0) is 11.0 Å². The molecule has 0 fully saturated rings.